The Balaban J connectivity index is 2.19. The van der Waals surface area contributed by atoms with Gasteiger partial charge in [-0.05, 0) is 13.8 Å². The molecule has 20 heavy (non-hydrogen) atoms. The Morgan fingerprint density at radius 1 is 1.30 bits per heavy atom. The van der Waals surface area contributed by atoms with Crippen LogP contribution >= 0.6 is 11.6 Å². The number of nitrogens with zero attached hydrogens (tertiary/aromatic N) is 6. The molecule has 0 spiro atoms. The van der Waals surface area contributed by atoms with Gasteiger partial charge >= 0.3 is 0 Å². The fraction of sp³-hybridized carbons (Fsp3) is 0.462. The number of fused-ring (bicyclic) bond motifs is 1. The van der Waals surface area contributed by atoms with Crippen LogP contribution in [-0.4, -0.2) is 28.9 Å². The van der Waals surface area contributed by atoms with Crippen molar-refractivity contribution in [2.45, 2.75) is 32.8 Å². The summed E-state index contributed by atoms with van der Waals surface area (Å²) >= 11 is 6.05. The zero-order chi connectivity index (χ0) is 14.3. The van der Waals surface area contributed by atoms with Gasteiger partial charge in [-0.1, -0.05) is 0 Å². The molecule has 6 nitrogen and oxygen atoms in total. The second kappa shape index (κ2) is 4.94. The number of aryl methyl sites for hydroxylation is 3. The first-order chi connectivity index (χ1) is 9.65. The first-order valence-electron chi connectivity index (χ1n) is 6.60. The summed E-state index contributed by atoms with van der Waals surface area (Å²) in [7, 11) is 1.99. The van der Waals surface area contributed by atoms with Crippen molar-refractivity contribution in [2.24, 2.45) is 7.05 Å². The van der Waals surface area contributed by atoms with E-state index in [2.05, 4.69) is 26.6 Å². The van der Waals surface area contributed by atoms with Crippen LogP contribution in [0.15, 0.2) is 12.4 Å². The van der Waals surface area contributed by atoms with Crippen molar-refractivity contribution in [1.29, 1.82) is 0 Å². The average molecular weight is 293 g/mol. The Morgan fingerprint density at radius 2 is 2.10 bits per heavy atom. The summed E-state index contributed by atoms with van der Waals surface area (Å²) in [6.07, 6.45) is 3.73. The SMILES string of the molecule is CCn1nc(C)c2nc(CCl)n(Cc3nccn3C)c21. The maximum Gasteiger partial charge on any atom is 0.159 e. The monoisotopic (exact) mass is 292 g/mol. The molecule has 3 aromatic heterocycles. The molecule has 0 atom stereocenters. The topological polar surface area (TPSA) is 53.5 Å². The Morgan fingerprint density at radius 3 is 2.70 bits per heavy atom. The fourth-order valence-corrected chi connectivity index (χ4v) is 2.65. The van der Waals surface area contributed by atoms with E-state index < -0.39 is 0 Å². The number of rotatable bonds is 4. The predicted molar refractivity (Wildman–Crippen MR) is 77.8 cm³/mol. The number of imidazole rings is 2. The second-order valence-electron chi connectivity index (χ2n) is 4.78. The van der Waals surface area contributed by atoms with Crippen molar-refractivity contribution in [2.75, 3.05) is 0 Å². The molecule has 0 saturated carbocycles. The van der Waals surface area contributed by atoms with Gasteiger partial charge < -0.3 is 9.13 Å². The van der Waals surface area contributed by atoms with E-state index in [9.17, 15) is 0 Å². The number of alkyl halides is 1. The molecular formula is C13H17ClN6. The molecule has 0 aliphatic carbocycles. The highest BCUT2D eigenvalue weighted by atomic mass is 35.5. The van der Waals surface area contributed by atoms with E-state index in [4.69, 9.17) is 11.6 Å². The van der Waals surface area contributed by atoms with E-state index in [1.165, 1.54) is 0 Å². The third kappa shape index (κ3) is 1.91. The number of hydrogen-bond donors (Lipinski definition) is 0. The number of hydrogen-bond acceptors (Lipinski definition) is 3. The molecular weight excluding hydrogens is 276 g/mol. The minimum atomic E-state index is 0.377. The Labute approximate surface area is 122 Å². The van der Waals surface area contributed by atoms with E-state index >= 15 is 0 Å². The van der Waals surface area contributed by atoms with Crippen molar-refractivity contribution in [3.63, 3.8) is 0 Å². The fourth-order valence-electron chi connectivity index (χ4n) is 2.45. The van der Waals surface area contributed by atoms with E-state index in [0.717, 1.165) is 35.1 Å². The number of aromatic nitrogens is 6. The van der Waals surface area contributed by atoms with Gasteiger partial charge in [0.1, 0.15) is 17.2 Å². The van der Waals surface area contributed by atoms with E-state index in [0.29, 0.717) is 12.4 Å². The molecule has 0 aliphatic rings. The molecule has 3 heterocycles. The molecule has 106 valence electrons. The van der Waals surface area contributed by atoms with Gasteiger partial charge in [-0.2, -0.15) is 5.10 Å². The summed E-state index contributed by atoms with van der Waals surface area (Å²) in [5.74, 6) is 2.20. The second-order valence-corrected chi connectivity index (χ2v) is 5.04. The van der Waals surface area contributed by atoms with Crippen LogP contribution in [0.5, 0.6) is 0 Å². The molecule has 0 N–H and O–H groups in total. The molecule has 3 aromatic rings. The van der Waals surface area contributed by atoms with Gasteiger partial charge in [-0.25, -0.2) is 14.6 Å². The van der Waals surface area contributed by atoms with E-state index in [1.807, 2.05) is 29.4 Å². The molecule has 0 amide bonds. The first-order valence-corrected chi connectivity index (χ1v) is 7.13. The van der Waals surface area contributed by atoms with Crippen LogP contribution in [0.2, 0.25) is 0 Å². The van der Waals surface area contributed by atoms with Gasteiger partial charge in [0.15, 0.2) is 5.65 Å². The highest BCUT2D eigenvalue weighted by Crippen LogP contribution is 2.21. The van der Waals surface area contributed by atoms with Gasteiger partial charge in [-0.3, -0.25) is 0 Å². The van der Waals surface area contributed by atoms with Crippen LogP contribution in [0.3, 0.4) is 0 Å². The molecule has 0 unspecified atom stereocenters. The van der Waals surface area contributed by atoms with Crippen LogP contribution in [0, 0.1) is 6.92 Å². The molecule has 3 rings (SSSR count). The maximum atomic E-state index is 6.05. The summed E-state index contributed by atoms with van der Waals surface area (Å²) in [6.45, 7) is 5.50. The largest absolute Gasteiger partial charge is 0.337 e. The zero-order valence-electron chi connectivity index (χ0n) is 11.8. The third-order valence-electron chi connectivity index (χ3n) is 3.52. The summed E-state index contributed by atoms with van der Waals surface area (Å²) < 4.78 is 6.08. The first kappa shape index (κ1) is 13.2. The molecule has 0 aliphatic heterocycles. The quantitative estimate of drug-likeness (QED) is 0.692. The van der Waals surface area contributed by atoms with Crippen LogP contribution in [0.4, 0.5) is 0 Å². The number of halogens is 1. The van der Waals surface area contributed by atoms with Crippen LogP contribution < -0.4 is 0 Å². The van der Waals surface area contributed by atoms with Crippen LogP contribution in [-0.2, 0) is 26.0 Å². The molecule has 0 fully saturated rings. The van der Waals surface area contributed by atoms with Gasteiger partial charge in [0, 0.05) is 26.0 Å². The van der Waals surface area contributed by atoms with Gasteiger partial charge in [0.25, 0.3) is 0 Å². The maximum absolute atomic E-state index is 6.05. The lowest BCUT2D eigenvalue weighted by atomic mass is 10.4. The highest BCUT2D eigenvalue weighted by Gasteiger charge is 2.18. The predicted octanol–water partition coefficient (Wildman–Crippen LogP) is 2.08. The normalized spacial score (nSPS) is 11.6. The molecule has 0 saturated heterocycles. The Bertz CT molecular complexity index is 750. The molecule has 7 heteroatoms. The minimum Gasteiger partial charge on any atom is -0.337 e. The smallest absolute Gasteiger partial charge is 0.159 e. The third-order valence-corrected chi connectivity index (χ3v) is 3.76. The van der Waals surface area contributed by atoms with Crippen LogP contribution in [0.25, 0.3) is 11.2 Å². The van der Waals surface area contributed by atoms with Crippen LogP contribution in [0.1, 0.15) is 24.3 Å². The van der Waals surface area contributed by atoms with Crippen molar-refractivity contribution >= 4 is 22.8 Å². The highest BCUT2D eigenvalue weighted by molar-refractivity contribution is 6.16. The zero-order valence-corrected chi connectivity index (χ0v) is 12.6. The lowest BCUT2D eigenvalue weighted by Crippen LogP contribution is -2.11. The summed E-state index contributed by atoms with van der Waals surface area (Å²) in [5.41, 5.74) is 2.88. The summed E-state index contributed by atoms with van der Waals surface area (Å²) in [4.78, 5) is 9.00. The van der Waals surface area contributed by atoms with Gasteiger partial charge in [-0.15, -0.1) is 11.6 Å². The standard InChI is InChI=1S/C13H17ClN6/c1-4-20-13-12(9(2)17-20)16-10(7-14)19(13)8-11-15-5-6-18(11)3/h5-6H,4,7-8H2,1-3H3. The van der Waals surface area contributed by atoms with E-state index in [-0.39, 0.29) is 0 Å². The van der Waals surface area contributed by atoms with Crippen molar-refractivity contribution in [3.8, 4) is 0 Å². The molecule has 0 aromatic carbocycles. The van der Waals surface area contributed by atoms with Crippen molar-refractivity contribution in [1.82, 2.24) is 28.9 Å². The van der Waals surface area contributed by atoms with Gasteiger partial charge in [0.2, 0.25) is 0 Å². The van der Waals surface area contributed by atoms with Crippen molar-refractivity contribution in [3.05, 3.63) is 29.7 Å². The van der Waals surface area contributed by atoms with Crippen molar-refractivity contribution < 1.29 is 0 Å². The van der Waals surface area contributed by atoms with Gasteiger partial charge in [0.05, 0.1) is 18.1 Å². The summed E-state index contributed by atoms with van der Waals surface area (Å²) in [6, 6.07) is 0. The molecule has 0 radical (unpaired) electrons. The Kier molecular flexibility index (Phi) is 3.25. The average Bonchev–Trinajstić information content (AvgIpc) is 3.08. The Hall–Kier alpha value is -1.82. The van der Waals surface area contributed by atoms with E-state index in [1.54, 1.807) is 6.20 Å². The summed E-state index contributed by atoms with van der Waals surface area (Å²) in [5, 5.41) is 4.52. The lowest BCUT2D eigenvalue weighted by Gasteiger charge is -2.09. The minimum absolute atomic E-state index is 0.377. The lowest BCUT2D eigenvalue weighted by molar-refractivity contribution is 0.623. The molecule has 0 bridgehead atoms.